The normalized spacial score (nSPS) is 10.5. The van der Waals surface area contributed by atoms with Gasteiger partial charge < -0.3 is 4.74 Å². The third-order valence-corrected chi connectivity index (χ3v) is 4.79. The van der Waals surface area contributed by atoms with Crippen LogP contribution in [0.25, 0.3) is 0 Å². The molecule has 0 atom stereocenters. The van der Waals surface area contributed by atoms with Gasteiger partial charge in [0.05, 0.1) is 13.2 Å². The number of benzene rings is 1. The number of carbonyl (C=O) groups excluding carboxylic acids is 1. The van der Waals surface area contributed by atoms with E-state index in [0.29, 0.717) is 24.5 Å². The molecule has 0 aliphatic carbocycles. The topological polar surface area (TPSA) is 42.4 Å². The molecule has 0 unspecified atom stereocenters. The van der Waals surface area contributed by atoms with Gasteiger partial charge in [0.1, 0.15) is 11.6 Å². The molecule has 0 saturated heterocycles. The van der Waals surface area contributed by atoms with Crippen LogP contribution in [-0.4, -0.2) is 17.5 Å². The first kappa shape index (κ1) is 18.1. The Morgan fingerprint density at radius 3 is 2.62 bits per heavy atom. The van der Waals surface area contributed by atoms with Gasteiger partial charge in [-0.3, -0.25) is 9.69 Å². The Bertz CT molecular complexity index is 802. The quantitative estimate of drug-likeness (QED) is 0.517. The molecule has 0 aliphatic heterocycles. The zero-order valence-corrected chi connectivity index (χ0v) is 15.6. The summed E-state index contributed by atoms with van der Waals surface area (Å²) in [6, 6.07) is 16.9. The summed E-state index contributed by atoms with van der Waals surface area (Å²) in [4.78, 5) is 20.3. The molecule has 2 aromatic heterocycles. The van der Waals surface area contributed by atoms with Crippen LogP contribution in [0.1, 0.15) is 35.0 Å². The molecule has 0 fully saturated rings. The summed E-state index contributed by atoms with van der Waals surface area (Å²) in [7, 11) is 0. The summed E-state index contributed by atoms with van der Waals surface area (Å²) in [5, 5.41) is 2.01. The summed E-state index contributed by atoms with van der Waals surface area (Å²) in [5.41, 5.74) is 0.620. The number of unbranched alkanes of at least 4 members (excludes halogenated alkanes) is 1. The second-order valence-electron chi connectivity index (χ2n) is 5.88. The maximum Gasteiger partial charge on any atom is 0.259 e. The molecule has 134 valence electrons. The summed E-state index contributed by atoms with van der Waals surface area (Å²) >= 11 is 1.63. The Balaban J connectivity index is 1.78. The van der Waals surface area contributed by atoms with Crippen molar-refractivity contribution in [3.63, 3.8) is 0 Å². The average Bonchev–Trinajstić information content (AvgIpc) is 3.20. The van der Waals surface area contributed by atoms with Crippen LogP contribution >= 0.6 is 11.3 Å². The molecular formula is C21H22N2O2S. The highest BCUT2D eigenvalue weighted by Crippen LogP contribution is 2.21. The molecule has 26 heavy (non-hydrogen) atoms. The number of ether oxygens (including phenoxy) is 1. The molecule has 0 N–H and O–H groups in total. The zero-order valence-electron chi connectivity index (χ0n) is 14.8. The zero-order chi connectivity index (χ0) is 18.2. The minimum Gasteiger partial charge on any atom is -0.494 e. The van der Waals surface area contributed by atoms with Gasteiger partial charge in [-0.15, -0.1) is 11.3 Å². The molecule has 1 aromatic carbocycles. The first-order valence-electron chi connectivity index (χ1n) is 8.76. The van der Waals surface area contributed by atoms with Gasteiger partial charge in [0.15, 0.2) is 0 Å². The number of rotatable bonds is 8. The van der Waals surface area contributed by atoms with Gasteiger partial charge in [-0.1, -0.05) is 25.5 Å². The van der Waals surface area contributed by atoms with Crippen molar-refractivity contribution in [3.05, 3.63) is 76.6 Å². The first-order valence-corrected chi connectivity index (χ1v) is 9.64. The Kier molecular flexibility index (Phi) is 6.39. The van der Waals surface area contributed by atoms with Crippen molar-refractivity contribution in [2.45, 2.75) is 26.3 Å². The van der Waals surface area contributed by atoms with Crippen LogP contribution in [0.3, 0.4) is 0 Å². The van der Waals surface area contributed by atoms with Crippen molar-refractivity contribution in [1.82, 2.24) is 4.98 Å². The molecule has 3 aromatic rings. The molecule has 0 aliphatic rings. The van der Waals surface area contributed by atoms with E-state index in [0.717, 1.165) is 23.5 Å². The van der Waals surface area contributed by atoms with E-state index in [9.17, 15) is 4.79 Å². The van der Waals surface area contributed by atoms with Crippen LogP contribution in [0.2, 0.25) is 0 Å². The van der Waals surface area contributed by atoms with Crippen LogP contribution in [0.15, 0.2) is 66.2 Å². The molecule has 5 heteroatoms. The Hall–Kier alpha value is -2.66. The molecule has 4 nitrogen and oxygen atoms in total. The number of amides is 1. The van der Waals surface area contributed by atoms with E-state index in [2.05, 4.69) is 11.9 Å². The predicted molar refractivity (Wildman–Crippen MR) is 106 cm³/mol. The van der Waals surface area contributed by atoms with Crippen molar-refractivity contribution in [1.29, 1.82) is 0 Å². The van der Waals surface area contributed by atoms with E-state index in [1.165, 1.54) is 0 Å². The number of thiophene rings is 1. The van der Waals surface area contributed by atoms with Crippen LogP contribution in [-0.2, 0) is 6.54 Å². The second-order valence-corrected chi connectivity index (χ2v) is 6.92. The predicted octanol–water partition coefficient (Wildman–Crippen LogP) is 5.17. The van der Waals surface area contributed by atoms with Gasteiger partial charge >= 0.3 is 0 Å². The SMILES string of the molecule is CCCCOc1ccc(C(=O)N(Cc2cccs2)c2ccccn2)cc1. The fraction of sp³-hybridized carbons (Fsp3) is 0.238. The Morgan fingerprint density at radius 2 is 1.96 bits per heavy atom. The summed E-state index contributed by atoms with van der Waals surface area (Å²) in [6.07, 6.45) is 3.82. The second kappa shape index (κ2) is 9.15. The molecule has 0 saturated carbocycles. The van der Waals surface area contributed by atoms with Crippen LogP contribution < -0.4 is 9.64 Å². The largest absolute Gasteiger partial charge is 0.494 e. The Labute approximate surface area is 158 Å². The highest BCUT2D eigenvalue weighted by atomic mass is 32.1. The third-order valence-electron chi connectivity index (χ3n) is 3.93. The van der Waals surface area contributed by atoms with Crippen LogP contribution in [0, 0.1) is 0 Å². The lowest BCUT2D eigenvalue weighted by Crippen LogP contribution is -2.30. The van der Waals surface area contributed by atoms with Crippen molar-refractivity contribution in [2.24, 2.45) is 0 Å². The van der Waals surface area contributed by atoms with Gasteiger partial charge in [0.2, 0.25) is 0 Å². The molecule has 0 spiro atoms. The smallest absolute Gasteiger partial charge is 0.259 e. The lowest BCUT2D eigenvalue weighted by atomic mass is 10.2. The monoisotopic (exact) mass is 366 g/mol. The van der Waals surface area contributed by atoms with Crippen molar-refractivity contribution >= 4 is 23.1 Å². The lowest BCUT2D eigenvalue weighted by Gasteiger charge is -2.21. The number of aromatic nitrogens is 1. The number of carbonyl (C=O) groups is 1. The van der Waals surface area contributed by atoms with E-state index in [1.807, 2.05) is 60.0 Å². The van der Waals surface area contributed by atoms with E-state index >= 15 is 0 Å². The molecule has 0 bridgehead atoms. The molecule has 2 heterocycles. The van der Waals surface area contributed by atoms with Crippen molar-refractivity contribution < 1.29 is 9.53 Å². The summed E-state index contributed by atoms with van der Waals surface area (Å²) in [5.74, 6) is 1.36. The standard InChI is InChI=1S/C21H22N2O2S/c1-2-3-14-25-18-11-9-17(10-12-18)21(24)23(16-19-7-6-15-26-19)20-8-4-5-13-22-20/h4-13,15H,2-3,14,16H2,1H3. The number of nitrogens with zero attached hydrogens (tertiary/aromatic N) is 2. The minimum absolute atomic E-state index is 0.0720. The fourth-order valence-electron chi connectivity index (χ4n) is 2.51. The van der Waals surface area contributed by atoms with Gasteiger partial charge in [0.25, 0.3) is 5.91 Å². The van der Waals surface area contributed by atoms with E-state index in [-0.39, 0.29) is 5.91 Å². The van der Waals surface area contributed by atoms with Crippen molar-refractivity contribution in [3.8, 4) is 5.75 Å². The van der Waals surface area contributed by atoms with E-state index < -0.39 is 0 Å². The average molecular weight is 366 g/mol. The maximum absolute atomic E-state index is 13.1. The highest BCUT2D eigenvalue weighted by Gasteiger charge is 2.19. The number of hydrogen-bond acceptors (Lipinski definition) is 4. The van der Waals surface area contributed by atoms with E-state index in [4.69, 9.17) is 4.74 Å². The van der Waals surface area contributed by atoms with E-state index in [1.54, 1.807) is 22.4 Å². The minimum atomic E-state index is -0.0720. The lowest BCUT2D eigenvalue weighted by molar-refractivity contribution is 0.0984. The number of pyridine rings is 1. The van der Waals surface area contributed by atoms with Crippen LogP contribution in [0.5, 0.6) is 5.75 Å². The number of anilines is 1. The molecule has 1 amide bonds. The first-order chi connectivity index (χ1) is 12.8. The summed E-state index contributed by atoms with van der Waals surface area (Å²) < 4.78 is 5.68. The summed E-state index contributed by atoms with van der Waals surface area (Å²) in [6.45, 7) is 3.33. The van der Waals surface area contributed by atoms with Crippen LogP contribution in [0.4, 0.5) is 5.82 Å². The van der Waals surface area contributed by atoms with Gasteiger partial charge in [-0.25, -0.2) is 4.98 Å². The molecule has 3 rings (SSSR count). The Morgan fingerprint density at radius 1 is 1.12 bits per heavy atom. The fourth-order valence-corrected chi connectivity index (χ4v) is 3.21. The third kappa shape index (κ3) is 4.70. The van der Waals surface area contributed by atoms with Gasteiger partial charge in [0, 0.05) is 16.6 Å². The highest BCUT2D eigenvalue weighted by molar-refractivity contribution is 7.09. The maximum atomic E-state index is 13.1. The number of hydrogen-bond donors (Lipinski definition) is 0. The van der Waals surface area contributed by atoms with Crippen molar-refractivity contribution in [2.75, 3.05) is 11.5 Å². The molecule has 0 radical (unpaired) electrons. The van der Waals surface area contributed by atoms with Gasteiger partial charge in [-0.2, -0.15) is 0 Å². The van der Waals surface area contributed by atoms with Gasteiger partial charge in [-0.05, 0) is 54.3 Å². The molecular weight excluding hydrogens is 344 g/mol.